The number of amides is 1. The molecule has 0 aliphatic carbocycles. The maximum absolute atomic E-state index is 12.0. The zero-order valence-corrected chi connectivity index (χ0v) is 11.5. The summed E-state index contributed by atoms with van der Waals surface area (Å²) in [6, 6.07) is 5.07. The van der Waals surface area contributed by atoms with Gasteiger partial charge in [0.2, 0.25) is 0 Å². The Hall–Kier alpha value is -2.50. The number of nitrogens with zero attached hydrogens (tertiary/aromatic N) is 1. The summed E-state index contributed by atoms with van der Waals surface area (Å²) in [7, 11) is 1.56. The fourth-order valence-corrected chi connectivity index (χ4v) is 1.75. The Bertz CT molecular complexity index is 567. The third-order valence-electron chi connectivity index (χ3n) is 2.70. The first-order valence-corrected chi connectivity index (χ1v) is 6.32. The molecule has 0 saturated carbocycles. The van der Waals surface area contributed by atoms with Crippen LogP contribution in [0, 0.1) is 0 Å². The molecule has 1 aromatic heterocycles. The highest BCUT2D eigenvalue weighted by Crippen LogP contribution is 2.27. The van der Waals surface area contributed by atoms with Crippen molar-refractivity contribution in [3.8, 4) is 11.5 Å². The quantitative estimate of drug-likeness (QED) is 0.842. The van der Waals surface area contributed by atoms with Gasteiger partial charge in [0.1, 0.15) is 5.82 Å². The number of carbonyl (C=O) groups excluding carboxylic acids is 1. The molecule has 1 aromatic carbocycles. The van der Waals surface area contributed by atoms with Crippen molar-refractivity contribution in [3.63, 3.8) is 0 Å². The summed E-state index contributed by atoms with van der Waals surface area (Å²) < 4.78 is 10.6. The van der Waals surface area contributed by atoms with Gasteiger partial charge in [0.25, 0.3) is 5.91 Å². The Morgan fingerprint density at radius 1 is 1.40 bits per heavy atom. The SMILES string of the molecule is CCOc1cc(C(=O)NCc2ncc[nH]2)ccc1OC. The third-order valence-corrected chi connectivity index (χ3v) is 2.70. The minimum Gasteiger partial charge on any atom is -0.493 e. The van der Waals surface area contributed by atoms with Crippen molar-refractivity contribution in [3.05, 3.63) is 42.0 Å². The van der Waals surface area contributed by atoms with Crippen LogP contribution >= 0.6 is 0 Å². The number of aromatic amines is 1. The van der Waals surface area contributed by atoms with E-state index in [9.17, 15) is 4.79 Å². The Labute approximate surface area is 117 Å². The second-order valence-corrected chi connectivity index (χ2v) is 4.02. The van der Waals surface area contributed by atoms with E-state index in [0.717, 1.165) is 0 Å². The highest BCUT2D eigenvalue weighted by molar-refractivity contribution is 5.94. The van der Waals surface area contributed by atoms with Crippen LogP contribution in [-0.2, 0) is 6.54 Å². The largest absolute Gasteiger partial charge is 0.493 e. The lowest BCUT2D eigenvalue weighted by Gasteiger charge is -2.11. The Morgan fingerprint density at radius 2 is 2.25 bits per heavy atom. The van der Waals surface area contributed by atoms with Gasteiger partial charge in [0, 0.05) is 18.0 Å². The number of nitrogens with one attached hydrogen (secondary N) is 2. The van der Waals surface area contributed by atoms with Crippen LogP contribution in [0.1, 0.15) is 23.1 Å². The van der Waals surface area contributed by atoms with E-state index in [1.807, 2.05) is 6.92 Å². The molecule has 106 valence electrons. The topological polar surface area (TPSA) is 76.2 Å². The van der Waals surface area contributed by atoms with Crippen LogP contribution in [0.2, 0.25) is 0 Å². The molecular weight excluding hydrogens is 258 g/mol. The maximum Gasteiger partial charge on any atom is 0.251 e. The van der Waals surface area contributed by atoms with Gasteiger partial charge in [-0.15, -0.1) is 0 Å². The van der Waals surface area contributed by atoms with Gasteiger partial charge in [0.15, 0.2) is 11.5 Å². The van der Waals surface area contributed by atoms with Gasteiger partial charge in [-0.1, -0.05) is 0 Å². The summed E-state index contributed by atoms with van der Waals surface area (Å²) in [4.78, 5) is 19.0. The van der Waals surface area contributed by atoms with Crippen molar-refractivity contribution >= 4 is 5.91 Å². The lowest BCUT2D eigenvalue weighted by atomic mass is 10.2. The van der Waals surface area contributed by atoms with Crippen LogP contribution in [0.5, 0.6) is 11.5 Å². The molecule has 0 aliphatic rings. The molecule has 2 aromatic rings. The van der Waals surface area contributed by atoms with Crippen LogP contribution in [0.15, 0.2) is 30.6 Å². The minimum atomic E-state index is -0.190. The Morgan fingerprint density at radius 3 is 2.90 bits per heavy atom. The third kappa shape index (κ3) is 3.28. The van der Waals surface area contributed by atoms with E-state index in [2.05, 4.69) is 15.3 Å². The molecule has 1 heterocycles. The van der Waals surface area contributed by atoms with Gasteiger partial charge >= 0.3 is 0 Å². The molecule has 2 N–H and O–H groups in total. The predicted octanol–water partition coefficient (Wildman–Crippen LogP) is 1.75. The summed E-state index contributed by atoms with van der Waals surface area (Å²) in [5, 5.41) is 2.78. The number of hydrogen-bond donors (Lipinski definition) is 2. The average Bonchev–Trinajstić information content (AvgIpc) is 2.98. The number of H-pyrrole nitrogens is 1. The van der Waals surface area contributed by atoms with E-state index >= 15 is 0 Å². The second-order valence-electron chi connectivity index (χ2n) is 4.02. The summed E-state index contributed by atoms with van der Waals surface area (Å²) in [6.45, 7) is 2.73. The molecule has 0 fully saturated rings. The van der Waals surface area contributed by atoms with Gasteiger partial charge in [-0.25, -0.2) is 4.98 Å². The number of carbonyl (C=O) groups is 1. The molecule has 20 heavy (non-hydrogen) atoms. The molecule has 6 heteroatoms. The first kappa shape index (κ1) is 13.9. The fraction of sp³-hybridized carbons (Fsp3) is 0.286. The van der Waals surface area contributed by atoms with E-state index < -0.39 is 0 Å². The normalized spacial score (nSPS) is 10.1. The zero-order valence-electron chi connectivity index (χ0n) is 11.5. The van der Waals surface area contributed by atoms with Gasteiger partial charge < -0.3 is 19.8 Å². The molecule has 0 atom stereocenters. The average molecular weight is 275 g/mol. The standard InChI is InChI=1S/C14H17N3O3/c1-3-20-12-8-10(4-5-11(12)19-2)14(18)17-9-13-15-6-7-16-13/h4-8H,3,9H2,1-2H3,(H,15,16)(H,17,18). The highest BCUT2D eigenvalue weighted by atomic mass is 16.5. The summed E-state index contributed by atoms with van der Waals surface area (Å²) in [5.41, 5.74) is 0.515. The van der Waals surface area contributed by atoms with Crippen LogP contribution in [0.3, 0.4) is 0 Å². The molecule has 0 bridgehead atoms. The van der Waals surface area contributed by atoms with Crippen LogP contribution in [0.4, 0.5) is 0 Å². The number of rotatable bonds is 6. The number of imidazole rings is 1. The van der Waals surface area contributed by atoms with E-state index in [1.165, 1.54) is 0 Å². The molecule has 2 rings (SSSR count). The molecule has 6 nitrogen and oxygen atoms in total. The van der Waals surface area contributed by atoms with E-state index in [4.69, 9.17) is 9.47 Å². The second kappa shape index (κ2) is 6.60. The summed E-state index contributed by atoms with van der Waals surface area (Å²) >= 11 is 0. The van der Waals surface area contributed by atoms with E-state index in [-0.39, 0.29) is 5.91 Å². The molecule has 0 unspecified atom stereocenters. The number of ether oxygens (including phenoxy) is 2. The molecule has 0 spiro atoms. The van der Waals surface area contributed by atoms with Crippen LogP contribution in [-0.4, -0.2) is 29.6 Å². The van der Waals surface area contributed by atoms with Crippen molar-refractivity contribution < 1.29 is 14.3 Å². The van der Waals surface area contributed by atoms with Crippen LogP contribution in [0.25, 0.3) is 0 Å². The zero-order chi connectivity index (χ0) is 14.4. The lowest BCUT2D eigenvalue weighted by Crippen LogP contribution is -2.23. The molecule has 1 amide bonds. The highest BCUT2D eigenvalue weighted by Gasteiger charge is 2.11. The van der Waals surface area contributed by atoms with Gasteiger partial charge in [0.05, 0.1) is 20.3 Å². The number of methoxy groups -OCH3 is 1. The summed E-state index contributed by atoms with van der Waals surface area (Å²) in [5.74, 6) is 1.68. The fourth-order valence-electron chi connectivity index (χ4n) is 1.75. The lowest BCUT2D eigenvalue weighted by molar-refractivity contribution is 0.0949. The van der Waals surface area contributed by atoms with Crippen molar-refractivity contribution in [2.45, 2.75) is 13.5 Å². The molecule has 0 aliphatic heterocycles. The molecular formula is C14H17N3O3. The Kier molecular flexibility index (Phi) is 4.60. The first-order chi connectivity index (χ1) is 9.74. The number of aromatic nitrogens is 2. The van der Waals surface area contributed by atoms with Crippen molar-refractivity contribution in [2.24, 2.45) is 0 Å². The van der Waals surface area contributed by atoms with Gasteiger partial charge in [-0.2, -0.15) is 0 Å². The number of benzene rings is 1. The number of hydrogen-bond acceptors (Lipinski definition) is 4. The van der Waals surface area contributed by atoms with Gasteiger partial charge in [-0.05, 0) is 25.1 Å². The predicted molar refractivity (Wildman–Crippen MR) is 73.9 cm³/mol. The first-order valence-electron chi connectivity index (χ1n) is 6.32. The van der Waals surface area contributed by atoms with Crippen molar-refractivity contribution in [1.82, 2.24) is 15.3 Å². The molecule has 0 saturated heterocycles. The van der Waals surface area contributed by atoms with Crippen molar-refractivity contribution in [2.75, 3.05) is 13.7 Å². The molecule has 0 radical (unpaired) electrons. The maximum atomic E-state index is 12.0. The monoisotopic (exact) mass is 275 g/mol. The van der Waals surface area contributed by atoms with Gasteiger partial charge in [-0.3, -0.25) is 4.79 Å². The van der Waals surface area contributed by atoms with E-state index in [0.29, 0.717) is 36.0 Å². The minimum absolute atomic E-state index is 0.190. The van der Waals surface area contributed by atoms with E-state index in [1.54, 1.807) is 37.7 Å². The van der Waals surface area contributed by atoms with Crippen molar-refractivity contribution in [1.29, 1.82) is 0 Å². The Balaban J connectivity index is 2.07. The smallest absolute Gasteiger partial charge is 0.251 e. The van der Waals surface area contributed by atoms with Crippen LogP contribution < -0.4 is 14.8 Å². The summed E-state index contributed by atoms with van der Waals surface area (Å²) in [6.07, 6.45) is 3.35.